The average Bonchev–Trinajstić information content (AvgIpc) is 3.10. The van der Waals surface area contributed by atoms with Crippen molar-refractivity contribution >= 4 is 23.4 Å². The summed E-state index contributed by atoms with van der Waals surface area (Å²) in [5, 5.41) is 11.7. The van der Waals surface area contributed by atoms with Crippen LogP contribution in [-0.4, -0.2) is 26.4 Å². The lowest BCUT2D eigenvalue weighted by Crippen LogP contribution is -2.16. The number of nitrogens with one attached hydrogen (secondary N) is 1. The highest BCUT2D eigenvalue weighted by atomic mass is 32.2. The lowest BCUT2D eigenvalue weighted by molar-refractivity contribution is -0.113. The SMILES string of the molecule is C=CCn1c(COc2ccccc2C)nnc1SCC(=O)Nc1cc(F)ccc1C. The van der Waals surface area contributed by atoms with Crippen LogP contribution in [-0.2, 0) is 17.9 Å². The third-order valence-corrected chi connectivity index (χ3v) is 5.33. The van der Waals surface area contributed by atoms with Crippen molar-refractivity contribution in [3.63, 3.8) is 0 Å². The van der Waals surface area contributed by atoms with Crippen molar-refractivity contribution in [1.29, 1.82) is 0 Å². The normalized spacial score (nSPS) is 10.6. The maximum atomic E-state index is 13.4. The van der Waals surface area contributed by atoms with Gasteiger partial charge in [-0.05, 0) is 43.2 Å². The predicted molar refractivity (Wildman–Crippen MR) is 116 cm³/mol. The van der Waals surface area contributed by atoms with E-state index in [1.807, 2.05) is 42.7 Å². The maximum Gasteiger partial charge on any atom is 0.234 e. The fraction of sp³-hybridized carbons (Fsp3) is 0.227. The summed E-state index contributed by atoms with van der Waals surface area (Å²) in [5.74, 6) is 0.892. The number of carbonyl (C=O) groups excluding carboxylic acids is 1. The fourth-order valence-electron chi connectivity index (χ4n) is 2.75. The summed E-state index contributed by atoms with van der Waals surface area (Å²) >= 11 is 1.25. The highest BCUT2D eigenvalue weighted by molar-refractivity contribution is 7.99. The van der Waals surface area contributed by atoms with Crippen molar-refractivity contribution in [2.45, 2.75) is 32.2 Å². The van der Waals surface area contributed by atoms with E-state index in [1.165, 1.54) is 23.9 Å². The smallest absolute Gasteiger partial charge is 0.234 e. The molecule has 2 aromatic carbocycles. The Balaban J connectivity index is 1.64. The molecular formula is C22H23FN4O2S. The molecule has 0 saturated carbocycles. The van der Waals surface area contributed by atoms with E-state index in [4.69, 9.17) is 4.74 Å². The molecule has 0 saturated heterocycles. The minimum absolute atomic E-state index is 0.115. The molecule has 0 bridgehead atoms. The molecule has 3 aromatic rings. The van der Waals surface area contributed by atoms with Crippen LogP contribution in [0.3, 0.4) is 0 Å². The van der Waals surface area contributed by atoms with Crippen LogP contribution in [0.4, 0.5) is 10.1 Å². The minimum Gasteiger partial charge on any atom is -0.485 e. The second kappa shape index (κ2) is 10.1. The van der Waals surface area contributed by atoms with Gasteiger partial charge in [0.05, 0.1) is 5.75 Å². The molecule has 30 heavy (non-hydrogen) atoms. The number of benzene rings is 2. The van der Waals surface area contributed by atoms with Crippen molar-refractivity contribution < 1.29 is 13.9 Å². The van der Waals surface area contributed by atoms with Crippen molar-refractivity contribution in [2.75, 3.05) is 11.1 Å². The van der Waals surface area contributed by atoms with Gasteiger partial charge in [-0.1, -0.05) is 42.1 Å². The van der Waals surface area contributed by atoms with E-state index >= 15 is 0 Å². The average molecular weight is 427 g/mol. The van der Waals surface area contributed by atoms with E-state index in [0.29, 0.717) is 23.2 Å². The quantitative estimate of drug-likeness (QED) is 0.402. The summed E-state index contributed by atoms with van der Waals surface area (Å²) in [6.45, 7) is 8.31. The Kier molecular flexibility index (Phi) is 7.24. The van der Waals surface area contributed by atoms with Crippen LogP contribution in [0.5, 0.6) is 5.75 Å². The number of para-hydroxylation sites is 1. The molecule has 0 atom stereocenters. The molecule has 0 fully saturated rings. The number of thioether (sulfide) groups is 1. The standard InChI is InChI=1S/C22H23FN4O2S/c1-4-11-27-20(13-29-19-8-6-5-7-16(19)3)25-26-22(27)30-14-21(28)24-18-12-17(23)10-9-15(18)2/h4-10,12H,1,11,13-14H2,2-3H3,(H,24,28). The van der Waals surface area contributed by atoms with Crippen molar-refractivity contribution in [2.24, 2.45) is 0 Å². The van der Waals surface area contributed by atoms with Crippen LogP contribution in [0.15, 0.2) is 60.3 Å². The first kappa shape index (κ1) is 21.6. The number of nitrogens with zero attached hydrogens (tertiary/aromatic N) is 3. The van der Waals surface area contributed by atoms with E-state index in [-0.39, 0.29) is 18.3 Å². The molecule has 0 aliphatic heterocycles. The number of rotatable bonds is 9. The Morgan fingerprint density at radius 2 is 2.03 bits per heavy atom. The lowest BCUT2D eigenvalue weighted by Gasteiger charge is -2.11. The van der Waals surface area contributed by atoms with Gasteiger partial charge in [0, 0.05) is 12.2 Å². The van der Waals surface area contributed by atoms with Gasteiger partial charge in [0.15, 0.2) is 11.0 Å². The van der Waals surface area contributed by atoms with Crippen LogP contribution < -0.4 is 10.1 Å². The Morgan fingerprint density at radius 3 is 2.80 bits per heavy atom. The van der Waals surface area contributed by atoms with Crippen LogP contribution in [0, 0.1) is 19.7 Å². The van der Waals surface area contributed by atoms with Gasteiger partial charge in [-0.2, -0.15) is 0 Å². The Morgan fingerprint density at radius 1 is 1.23 bits per heavy atom. The molecule has 3 rings (SSSR count). The monoisotopic (exact) mass is 426 g/mol. The Hall–Kier alpha value is -3.13. The van der Waals surface area contributed by atoms with Gasteiger partial charge in [-0.3, -0.25) is 9.36 Å². The van der Waals surface area contributed by atoms with Gasteiger partial charge in [-0.25, -0.2) is 4.39 Å². The predicted octanol–water partition coefficient (Wildman–Crippen LogP) is 4.53. The molecule has 6 nitrogen and oxygen atoms in total. The summed E-state index contributed by atoms with van der Waals surface area (Å²) in [5.41, 5.74) is 2.28. The van der Waals surface area contributed by atoms with Gasteiger partial charge < -0.3 is 10.1 Å². The third kappa shape index (κ3) is 5.48. The molecule has 0 unspecified atom stereocenters. The summed E-state index contributed by atoms with van der Waals surface area (Å²) in [6.07, 6.45) is 1.74. The van der Waals surface area contributed by atoms with E-state index in [1.54, 1.807) is 12.1 Å². The molecule has 0 aliphatic rings. The highest BCUT2D eigenvalue weighted by Gasteiger charge is 2.15. The number of hydrogen-bond acceptors (Lipinski definition) is 5. The van der Waals surface area contributed by atoms with Gasteiger partial charge >= 0.3 is 0 Å². The molecule has 0 spiro atoms. The first-order valence-corrected chi connectivity index (χ1v) is 10.4. The number of anilines is 1. The molecule has 1 heterocycles. The molecule has 1 amide bonds. The van der Waals surface area contributed by atoms with Crippen molar-refractivity contribution in [3.05, 3.63) is 77.9 Å². The van der Waals surface area contributed by atoms with E-state index in [0.717, 1.165) is 16.9 Å². The minimum atomic E-state index is -0.396. The molecule has 1 aromatic heterocycles. The van der Waals surface area contributed by atoms with Gasteiger partial charge in [0.25, 0.3) is 0 Å². The molecule has 156 valence electrons. The van der Waals surface area contributed by atoms with Crippen molar-refractivity contribution in [3.8, 4) is 5.75 Å². The van der Waals surface area contributed by atoms with E-state index in [9.17, 15) is 9.18 Å². The second-order valence-electron chi connectivity index (χ2n) is 6.65. The number of carbonyl (C=O) groups is 1. The maximum absolute atomic E-state index is 13.4. The summed E-state index contributed by atoms with van der Waals surface area (Å²) in [4.78, 5) is 12.3. The van der Waals surface area contributed by atoms with Crippen molar-refractivity contribution in [1.82, 2.24) is 14.8 Å². The van der Waals surface area contributed by atoms with Crippen LogP contribution >= 0.6 is 11.8 Å². The fourth-order valence-corrected chi connectivity index (χ4v) is 3.52. The number of aromatic nitrogens is 3. The van der Waals surface area contributed by atoms with Gasteiger partial charge in [-0.15, -0.1) is 16.8 Å². The Bertz CT molecular complexity index is 1050. The molecule has 1 N–H and O–H groups in total. The number of allylic oxidation sites excluding steroid dienone is 1. The molecule has 8 heteroatoms. The summed E-state index contributed by atoms with van der Waals surface area (Å²) < 4.78 is 21.1. The van der Waals surface area contributed by atoms with Crippen LogP contribution in [0.2, 0.25) is 0 Å². The third-order valence-electron chi connectivity index (χ3n) is 4.36. The second-order valence-corrected chi connectivity index (χ2v) is 7.59. The van der Waals surface area contributed by atoms with Gasteiger partial charge in [0.2, 0.25) is 5.91 Å². The number of ether oxygens (including phenoxy) is 1. The zero-order chi connectivity index (χ0) is 21.5. The van der Waals surface area contributed by atoms with Crippen LogP contribution in [0.1, 0.15) is 17.0 Å². The number of aryl methyl sites for hydroxylation is 2. The largest absolute Gasteiger partial charge is 0.485 e. The lowest BCUT2D eigenvalue weighted by atomic mass is 10.2. The number of amides is 1. The number of hydrogen-bond donors (Lipinski definition) is 1. The number of halogens is 1. The molecule has 0 radical (unpaired) electrons. The molecule has 0 aliphatic carbocycles. The zero-order valence-corrected chi connectivity index (χ0v) is 17.7. The Labute approximate surface area is 179 Å². The topological polar surface area (TPSA) is 69.0 Å². The molecular weight excluding hydrogens is 403 g/mol. The summed E-state index contributed by atoms with van der Waals surface area (Å²) in [7, 11) is 0. The van der Waals surface area contributed by atoms with E-state index < -0.39 is 5.82 Å². The zero-order valence-electron chi connectivity index (χ0n) is 16.9. The highest BCUT2D eigenvalue weighted by Crippen LogP contribution is 2.22. The van der Waals surface area contributed by atoms with Crippen LogP contribution in [0.25, 0.3) is 0 Å². The van der Waals surface area contributed by atoms with Gasteiger partial charge in [0.1, 0.15) is 18.2 Å². The first-order valence-electron chi connectivity index (χ1n) is 9.38. The van der Waals surface area contributed by atoms with E-state index in [2.05, 4.69) is 22.1 Å². The summed E-state index contributed by atoms with van der Waals surface area (Å²) in [6, 6.07) is 12.0. The first-order chi connectivity index (χ1) is 14.5.